The molecule has 6 heteroatoms. The highest BCUT2D eigenvalue weighted by molar-refractivity contribution is 7.99. The molecule has 3 aromatic rings. The summed E-state index contributed by atoms with van der Waals surface area (Å²) in [5, 5.41) is 12.4. The third-order valence-corrected chi connectivity index (χ3v) is 4.25. The topological polar surface area (TPSA) is 66.0 Å². The van der Waals surface area contributed by atoms with Gasteiger partial charge in [0, 0.05) is 16.7 Å². The van der Waals surface area contributed by atoms with Crippen LogP contribution in [0, 0.1) is 17.1 Å². The summed E-state index contributed by atoms with van der Waals surface area (Å²) in [7, 11) is 0. The van der Waals surface area contributed by atoms with Crippen LogP contribution in [0.4, 0.5) is 10.1 Å². The fourth-order valence-electron chi connectivity index (χ4n) is 2.09. The third kappa shape index (κ3) is 4.62. The molecule has 4 nitrogen and oxygen atoms in total. The van der Waals surface area contributed by atoms with Gasteiger partial charge in [-0.05, 0) is 48.5 Å². The van der Waals surface area contributed by atoms with E-state index >= 15 is 0 Å². The van der Waals surface area contributed by atoms with Crippen molar-refractivity contribution in [1.82, 2.24) is 0 Å². The number of nitrogens with zero attached hydrogens (tertiary/aromatic N) is 1. The molecule has 0 aliphatic rings. The Morgan fingerprint density at radius 3 is 2.50 bits per heavy atom. The summed E-state index contributed by atoms with van der Waals surface area (Å²) in [6.45, 7) is 0. The van der Waals surface area contributed by atoms with E-state index in [4.69, 9.17) is 4.42 Å². The number of hydrogen-bond acceptors (Lipinski definition) is 4. The van der Waals surface area contributed by atoms with Crippen LogP contribution in [0.1, 0.15) is 5.76 Å². The molecule has 0 atom stereocenters. The maximum atomic E-state index is 12.9. The number of rotatable bonds is 5. The van der Waals surface area contributed by atoms with Crippen molar-refractivity contribution < 1.29 is 13.6 Å². The molecule has 0 aliphatic carbocycles. The van der Waals surface area contributed by atoms with Crippen molar-refractivity contribution in [2.24, 2.45) is 0 Å². The van der Waals surface area contributed by atoms with Crippen LogP contribution in [0.25, 0.3) is 6.08 Å². The van der Waals surface area contributed by atoms with Gasteiger partial charge in [0.1, 0.15) is 23.2 Å². The molecule has 1 amide bonds. The molecule has 0 bridgehead atoms. The van der Waals surface area contributed by atoms with E-state index in [1.165, 1.54) is 42.1 Å². The fourth-order valence-corrected chi connectivity index (χ4v) is 2.89. The highest BCUT2D eigenvalue weighted by Gasteiger charge is 2.11. The van der Waals surface area contributed by atoms with Crippen molar-refractivity contribution in [2.75, 3.05) is 5.32 Å². The van der Waals surface area contributed by atoms with Gasteiger partial charge < -0.3 is 9.73 Å². The number of furan rings is 1. The van der Waals surface area contributed by atoms with E-state index < -0.39 is 11.7 Å². The summed E-state index contributed by atoms with van der Waals surface area (Å²) < 4.78 is 18.5. The van der Waals surface area contributed by atoms with E-state index in [0.717, 1.165) is 4.90 Å². The maximum Gasteiger partial charge on any atom is 0.266 e. The van der Waals surface area contributed by atoms with Crippen molar-refractivity contribution in [2.45, 2.75) is 9.99 Å². The van der Waals surface area contributed by atoms with Crippen molar-refractivity contribution >= 4 is 29.4 Å². The molecule has 1 aromatic heterocycles. The predicted molar refractivity (Wildman–Crippen MR) is 97.9 cm³/mol. The van der Waals surface area contributed by atoms with E-state index in [9.17, 15) is 14.4 Å². The summed E-state index contributed by atoms with van der Waals surface area (Å²) in [6.07, 6.45) is 1.37. The van der Waals surface area contributed by atoms with E-state index in [1.807, 2.05) is 36.4 Å². The molecule has 26 heavy (non-hydrogen) atoms. The van der Waals surface area contributed by atoms with E-state index in [1.54, 1.807) is 12.1 Å². The van der Waals surface area contributed by atoms with Gasteiger partial charge in [-0.3, -0.25) is 4.79 Å². The monoisotopic (exact) mass is 364 g/mol. The molecule has 0 unspecified atom stereocenters. The molecular weight excluding hydrogens is 351 g/mol. The van der Waals surface area contributed by atoms with Crippen LogP contribution in [0.3, 0.4) is 0 Å². The normalized spacial score (nSPS) is 11.0. The van der Waals surface area contributed by atoms with E-state index in [2.05, 4.69) is 5.32 Å². The van der Waals surface area contributed by atoms with Crippen molar-refractivity contribution in [3.63, 3.8) is 0 Å². The summed E-state index contributed by atoms with van der Waals surface area (Å²) in [4.78, 5) is 13.2. The van der Waals surface area contributed by atoms with Crippen molar-refractivity contribution in [1.29, 1.82) is 5.26 Å². The third-order valence-electron chi connectivity index (χ3n) is 3.32. The molecule has 0 aliphatic heterocycles. The van der Waals surface area contributed by atoms with Crippen molar-refractivity contribution in [3.05, 3.63) is 83.9 Å². The zero-order valence-electron chi connectivity index (χ0n) is 13.5. The Balaban J connectivity index is 1.71. The highest BCUT2D eigenvalue weighted by Crippen LogP contribution is 2.29. The van der Waals surface area contributed by atoms with Crippen LogP contribution >= 0.6 is 11.8 Å². The van der Waals surface area contributed by atoms with Crippen LogP contribution in [0.15, 0.2) is 86.7 Å². The second kappa shape index (κ2) is 8.19. The predicted octanol–water partition coefficient (Wildman–Crippen LogP) is 5.12. The first kappa shape index (κ1) is 17.5. The van der Waals surface area contributed by atoms with Gasteiger partial charge >= 0.3 is 0 Å². The molecule has 3 rings (SSSR count). The van der Waals surface area contributed by atoms with E-state index in [0.29, 0.717) is 16.5 Å². The number of halogens is 1. The molecule has 0 saturated heterocycles. The molecule has 2 aromatic carbocycles. The Kier molecular flexibility index (Phi) is 5.52. The SMILES string of the molecule is N#C/C(=C/c1ccc(Sc2ccccc2)o1)C(=O)Nc1ccc(F)cc1. The standard InChI is InChI=1S/C20H13FN2O2S/c21-15-6-8-16(9-7-15)23-20(24)14(13-22)12-17-10-11-19(25-17)26-18-4-2-1-3-5-18/h1-12H,(H,23,24)/b14-12-. The van der Waals surface area contributed by atoms with Gasteiger partial charge in [0.25, 0.3) is 5.91 Å². The summed E-state index contributed by atoms with van der Waals surface area (Å²) in [5.74, 6) is -0.597. The number of amides is 1. The molecule has 1 heterocycles. The molecule has 1 N–H and O–H groups in total. The molecule has 128 valence electrons. The molecule has 0 saturated carbocycles. The van der Waals surface area contributed by atoms with E-state index in [-0.39, 0.29) is 5.57 Å². The van der Waals surface area contributed by atoms with Crippen LogP contribution < -0.4 is 5.32 Å². The summed E-state index contributed by atoms with van der Waals surface area (Å²) >= 11 is 1.44. The van der Waals surface area contributed by atoms with Gasteiger partial charge in [-0.1, -0.05) is 30.0 Å². The number of carbonyl (C=O) groups is 1. The molecule has 0 spiro atoms. The first-order valence-corrected chi connectivity index (χ1v) is 8.47. The summed E-state index contributed by atoms with van der Waals surface area (Å²) in [5.41, 5.74) is 0.289. The van der Waals surface area contributed by atoms with Gasteiger partial charge in [0.15, 0.2) is 5.09 Å². The number of nitriles is 1. The van der Waals surface area contributed by atoms with Crippen LogP contribution in [0.5, 0.6) is 0 Å². The highest BCUT2D eigenvalue weighted by atomic mass is 32.2. The Morgan fingerprint density at radius 2 is 1.81 bits per heavy atom. The number of benzene rings is 2. The Bertz CT molecular complexity index is 973. The van der Waals surface area contributed by atoms with Gasteiger partial charge in [-0.25, -0.2) is 4.39 Å². The number of carbonyl (C=O) groups excluding carboxylic acids is 1. The number of nitrogens with one attached hydrogen (secondary N) is 1. The Morgan fingerprint density at radius 1 is 1.08 bits per heavy atom. The number of anilines is 1. The summed E-state index contributed by atoms with van der Waals surface area (Å²) in [6, 6.07) is 20.3. The number of hydrogen-bond donors (Lipinski definition) is 1. The lowest BCUT2D eigenvalue weighted by Gasteiger charge is -2.03. The first-order chi connectivity index (χ1) is 12.6. The Hall–Kier alpha value is -3.30. The van der Waals surface area contributed by atoms with Crippen LogP contribution in [-0.2, 0) is 4.79 Å². The minimum Gasteiger partial charge on any atom is -0.450 e. The fraction of sp³-hybridized carbons (Fsp3) is 0. The molecule has 0 radical (unpaired) electrons. The van der Waals surface area contributed by atoms with Gasteiger partial charge in [-0.2, -0.15) is 5.26 Å². The maximum absolute atomic E-state index is 12.9. The largest absolute Gasteiger partial charge is 0.450 e. The van der Waals surface area contributed by atoms with Gasteiger partial charge in [0.05, 0.1) is 0 Å². The quantitative estimate of drug-likeness (QED) is 0.504. The lowest BCUT2D eigenvalue weighted by Crippen LogP contribution is -2.13. The molecular formula is C20H13FN2O2S. The van der Waals surface area contributed by atoms with Crippen LogP contribution in [-0.4, -0.2) is 5.91 Å². The average molecular weight is 364 g/mol. The second-order valence-corrected chi connectivity index (χ2v) is 6.28. The smallest absolute Gasteiger partial charge is 0.266 e. The lowest BCUT2D eigenvalue weighted by molar-refractivity contribution is -0.112. The zero-order valence-corrected chi connectivity index (χ0v) is 14.3. The van der Waals surface area contributed by atoms with Crippen LogP contribution in [0.2, 0.25) is 0 Å². The second-order valence-electron chi connectivity index (χ2n) is 5.20. The average Bonchev–Trinajstić information content (AvgIpc) is 3.09. The van der Waals surface area contributed by atoms with Crippen molar-refractivity contribution in [3.8, 4) is 6.07 Å². The van der Waals surface area contributed by atoms with Gasteiger partial charge in [-0.15, -0.1) is 0 Å². The molecule has 0 fully saturated rings. The minimum absolute atomic E-state index is 0.111. The first-order valence-electron chi connectivity index (χ1n) is 7.65. The zero-order chi connectivity index (χ0) is 18.4. The van der Waals surface area contributed by atoms with Gasteiger partial charge in [0.2, 0.25) is 0 Å². The Labute approximate surface area is 154 Å². The lowest BCUT2D eigenvalue weighted by atomic mass is 10.2. The minimum atomic E-state index is -0.590.